The van der Waals surface area contributed by atoms with Crippen LogP contribution in [0.1, 0.15) is 30.6 Å². The van der Waals surface area contributed by atoms with Gasteiger partial charge in [-0.3, -0.25) is 14.9 Å². The lowest BCUT2D eigenvalue weighted by atomic mass is 10.1. The number of carbonyl (C=O) groups excluding carboxylic acids is 1. The van der Waals surface area contributed by atoms with Gasteiger partial charge in [0.2, 0.25) is 0 Å². The minimum atomic E-state index is -0.512. The molecule has 0 spiro atoms. The number of nitrogens with one attached hydrogen (secondary N) is 2. The highest BCUT2D eigenvalue weighted by molar-refractivity contribution is 5.95. The van der Waals surface area contributed by atoms with Gasteiger partial charge < -0.3 is 15.7 Å². The number of nitro benzene ring substituents is 1. The lowest BCUT2D eigenvalue weighted by Gasteiger charge is -2.13. The number of hydrogen-bond acceptors (Lipinski definition) is 5. The van der Waals surface area contributed by atoms with Gasteiger partial charge in [0, 0.05) is 31.3 Å². The van der Waals surface area contributed by atoms with Crippen LogP contribution in [0.15, 0.2) is 18.2 Å². The van der Waals surface area contributed by atoms with Gasteiger partial charge in [0.15, 0.2) is 0 Å². The van der Waals surface area contributed by atoms with Crippen LogP contribution in [-0.2, 0) is 0 Å². The second-order valence-corrected chi connectivity index (χ2v) is 4.85. The van der Waals surface area contributed by atoms with E-state index in [0.717, 1.165) is 0 Å². The Bertz CT molecular complexity index is 505. The second-order valence-electron chi connectivity index (χ2n) is 4.85. The van der Waals surface area contributed by atoms with Crippen molar-refractivity contribution in [3.63, 3.8) is 0 Å². The number of hydrogen-bond donors (Lipinski definition) is 3. The average molecular weight is 295 g/mol. The van der Waals surface area contributed by atoms with Gasteiger partial charge in [0.25, 0.3) is 11.6 Å². The molecule has 7 nitrogen and oxygen atoms in total. The van der Waals surface area contributed by atoms with E-state index in [9.17, 15) is 14.9 Å². The summed E-state index contributed by atoms with van der Waals surface area (Å²) in [5, 5.41) is 25.6. The first-order valence-corrected chi connectivity index (χ1v) is 6.91. The Labute approximate surface area is 123 Å². The van der Waals surface area contributed by atoms with Gasteiger partial charge in [-0.1, -0.05) is 6.92 Å². The number of benzene rings is 1. The van der Waals surface area contributed by atoms with Crippen molar-refractivity contribution in [1.29, 1.82) is 0 Å². The van der Waals surface area contributed by atoms with Crippen LogP contribution in [0.3, 0.4) is 0 Å². The molecule has 116 valence electrons. The lowest BCUT2D eigenvalue weighted by molar-refractivity contribution is -0.384. The SMILES string of the molecule is CCNC(=O)c1ccc(NCC(C)CCO)c([N+](=O)[O-])c1. The Morgan fingerprint density at radius 1 is 1.48 bits per heavy atom. The quantitative estimate of drug-likeness (QED) is 0.501. The zero-order valence-corrected chi connectivity index (χ0v) is 12.3. The van der Waals surface area contributed by atoms with Crippen LogP contribution in [0.4, 0.5) is 11.4 Å². The molecule has 1 aromatic carbocycles. The van der Waals surface area contributed by atoms with Gasteiger partial charge in [0.1, 0.15) is 5.69 Å². The van der Waals surface area contributed by atoms with Crippen LogP contribution in [0.25, 0.3) is 0 Å². The van der Waals surface area contributed by atoms with Crippen molar-refractivity contribution < 1.29 is 14.8 Å². The molecule has 0 fully saturated rings. The Balaban J connectivity index is 2.89. The number of aliphatic hydroxyl groups excluding tert-OH is 1. The maximum absolute atomic E-state index is 11.7. The summed E-state index contributed by atoms with van der Waals surface area (Å²) < 4.78 is 0. The normalized spacial score (nSPS) is 11.8. The van der Waals surface area contributed by atoms with Gasteiger partial charge >= 0.3 is 0 Å². The van der Waals surface area contributed by atoms with Crippen molar-refractivity contribution in [1.82, 2.24) is 5.32 Å². The highest BCUT2D eigenvalue weighted by Gasteiger charge is 2.17. The number of nitro groups is 1. The van der Waals surface area contributed by atoms with E-state index in [1.807, 2.05) is 6.92 Å². The summed E-state index contributed by atoms with van der Waals surface area (Å²) in [4.78, 5) is 22.3. The number of nitrogens with zero attached hydrogens (tertiary/aromatic N) is 1. The Kier molecular flexibility index (Phi) is 6.61. The van der Waals surface area contributed by atoms with E-state index in [0.29, 0.717) is 25.2 Å². The summed E-state index contributed by atoms with van der Waals surface area (Å²) in [7, 11) is 0. The standard InChI is InChI=1S/C14H21N3O4/c1-3-15-14(19)11-4-5-12(13(8-11)17(20)21)16-9-10(2)6-7-18/h4-5,8,10,16,18H,3,6-7,9H2,1-2H3,(H,15,19). The number of aliphatic hydroxyl groups is 1. The first kappa shape index (κ1) is 16.9. The fraction of sp³-hybridized carbons (Fsp3) is 0.500. The monoisotopic (exact) mass is 295 g/mol. The van der Waals surface area contributed by atoms with Crippen molar-refractivity contribution in [2.24, 2.45) is 5.92 Å². The largest absolute Gasteiger partial charge is 0.396 e. The summed E-state index contributed by atoms with van der Waals surface area (Å²) in [6.45, 7) is 4.79. The fourth-order valence-electron chi connectivity index (χ4n) is 1.84. The minimum absolute atomic E-state index is 0.0844. The summed E-state index contributed by atoms with van der Waals surface area (Å²) in [5.74, 6) is -0.140. The molecule has 1 rings (SSSR count). The second kappa shape index (κ2) is 8.21. The van der Waals surface area contributed by atoms with E-state index in [2.05, 4.69) is 10.6 Å². The van der Waals surface area contributed by atoms with Crippen LogP contribution in [0.2, 0.25) is 0 Å². The first-order chi connectivity index (χ1) is 9.99. The van der Waals surface area contributed by atoms with E-state index in [1.54, 1.807) is 13.0 Å². The summed E-state index contributed by atoms with van der Waals surface area (Å²) in [6.07, 6.45) is 0.623. The molecule has 0 saturated heterocycles. The van der Waals surface area contributed by atoms with Gasteiger partial charge in [0.05, 0.1) is 4.92 Å². The number of carbonyl (C=O) groups is 1. The van der Waals surface area contributed by atoms with Crippen molar-refractivity contribution >= 4 is 17.3 Å². The average Bonchev–Trinajstić information content (AvgIpc) is 2.45. The topological polar surface area (TPSA) is 104 Å². The van der Waals surface area contributed by atoms with Crippen molar-refractivity contribution in [3.05, 3.63) is 33.9 Å². The molecule has 1 amide bonds. The molecule has 0 aliphatic carbocycles. The molecule has 0 radical (unpaired) electrons. The Morgan fingerprint density at radius 3 is 2.76 bits per heavy atom. The fourth-order valence-corrected chi connectivity index (χ4v) is 1.84. The number of rotatable bonds is 8. The minimum Gasteiger partial charge on any atom is -0.396 e. The van der Waals surface area contributed by atoms with Crippen LogP contribution in [0, 0.1) is 16.0 Å². The van der Waals surface area contributed by atoms with Crippen LogP contribution in [0.5, 0.6) is 0 Å². The number of amides is 1. The molecule has 1 aromatic rings. The van der Waals surface area contributed by atoms with Gasteiger partial charge in [-0.25, -0.2) is 0 Å². The van der Waals surface area contributed by atoms with Crippen molar-refractivity contribution in [2.45, 2.75) is 20.3 Å². The smallest absolute Gasteiger partial charge is 0.293 e. The number of anilines is 1. The molecule has 0 aliphatic rings. The predicted octanol–water partition coefficient (Wildman–Crippen LogP) is 1.77. The van der Waals surface area contributed by atoms with E-state index in [4.69, 9.17) is 5.11 Å². The first-order valence-electron chi connectivity index (χ1n) is 6.91. The molecule has 21 heavy (non-hydrogen) atoms. The maximum atomic E-state index is 11.7. The molecule has 1 atom stereocenters. The predicted molar refractivity (Wildman–Crippen MR) is 80.5 cm³/mol. The van der Waals surface area contributed by atoms with Crippen molar-refractivity contribution in [3.8, 4) is 0 Å². The molecule has 0 bridgehead atoms. The molecule has 0 aliphatic heterocycles. The van der Waals surface area contributed by atoms with Crippen LogP contribution in [-0.4, -0.2) is 35.6 Å². The molecule has 7 heteroatoms. The molecule has 3 N–H and O–H groups in total. The molecule has 0 heterocycles. The molecule has 1 unspecified atom stereocenters. The lowest BCUT2D eigenvalue weighted by Crippen LogP contribution is -2.22. The Morgan fingerprint density at radius 2 is 2.19 bits per heavy atom. The molecular weight excluding hydrogens is 274 g/mol. The third kappa shape index (κ3) is 5.03. The summed E-state index contributed by atoms with van der Waals surface area (Å²) in [6, 6.07) is 4.36. The van der Waals surface area contributed by atoms with E-state index >= 15 is 0 Å². The summed E-state index contributed by atoms with van der Waals surface area (Å²) in [5.41, 5.74) is 0.505. The summed E-state index contributed by atoms with van der Waals surface area (Å²) >= 11 is 0. The third-order valence-corrected chi connectivity index (χ3v) is 3.06. The van der Waals surface area contributed by atoms with Crippen LogP contribution >= 0.6 is 0 Å². The maximum Gasteiger partial charge on any atom is 0.293 e. The van der Waals surface area contributed by atoms with Gasteiger partial charge in [-0.2, -0.15) is 0 Å². The van der Waals surface area contributed by atoms with E-state index in [-0.39, 0.29) is 29.7 Å². The zero-order chi connectivity index (χ0) is 15.8. The highest BCUT2D eigenvalue weighted by atomic mass is 16.6. The zero-order valence-electron chi connectivity index (χ0n) is 12.3. The molecular formula is C14H21N3O4. The third-order valence-electron chi connectivity index (χ3n) is 3.06. The van der Waals surface area contributed by atoms with E-state index < -0.39 is 4.92 Å². The van der Waals surface area contributed by atoms with Crippen LogP contribution < -0.4 is 10.6 Å². The molecule has 0 aromatic heterocycles. The molecule has 0 saturated carbocycles. The van der Waals surface area contributed by atoms with Gasteiger partial charge in [-0.05, 0) is 31.4 Å². The van der Waals surface area contributed by atoms with E-state index in [1.165, 1.54) is 12.1 Å². The Hall–Kier alpha value is -2.15. The highest BCUT2D eigenvalue weighted by Crippen LogP contribution is 2.26. The van der Waals surface area contributed by atoms with Gasteiger partial charge in [-0.15, -0.1) is 0 Å². The van der Waals surface area contributed by atoms with Crippen molar-refractivity contribution in [2.75, 3.05) is 25.0 Å².